The van der Waals surface area contributed by atoms with Gasteiger partial charge in [-0.05, 0) is 29.8 Å². The number of carbonyl (C=O) groups is 1. The summed E-state index contributed by atoms with van der Waals surface area (Å²) in [5, 5.41) is -0.117. The zero-order chi connectivity index (χ0) is 21.1. The molecule has 0 fully saturated rings. The Labute approximate surface area is 176 Å². The Morgan fingerprint density at radius 1 is 1.00 bits per heavy atom. The molecule has 0 saturated heterocycles. The molecule has 0 aliphatic carbocycles. The molecule has 1 aliphatic heterocycles. The maximum atomic E-state index is 13.6. The Balaban J connectivity index is 1.62. The highest BCUT2D eigenvalue weighted by molar-refractivity contribution is 6.34. The summed E-state index contributed by atoms with van der Waals surface area (Å²) >= 11 is 5.94. The number of nitrogens with zero attached hydrogens (tertiary/aromatic N) is 1. The molecule has 0 aromatic heterocycles. The summed E-state index contributed by atoms with van der Waals surface area (Å²) in [6, 6.07) is 18.4. The van der Waals surface area contributed by atoms with Crippen LogP contribution < -0.4 is 4.74 Å². The van der Waals surface area contributed by atoms with Crippen LogP contribution in [0.1, 0.15) is 16.7 Å². The van der Waals surface area contributed by atoms with Gasteiger partial charge < -0.3 is 9.47 Å². The van der Waals surface area contributed by atoms with E-state index in [4.69, 9.17) is 21.1 Å². The van der Waals surface area contributed by atoms with Crippen molar-refractivity contribution in [3.63, 3.8) is 0 Å². The van der Waals surface area contributed by atoms with Crippen molar-refractivity contribution in [2.75, 3.05) is 0 Å². The van der Waals surface area contributed by atoms with E-state index in [0.29, 0.717) is 17.9 Å². The number of hydrogen-bond acceptors (Lipinski definition) is 4. The van der Waals surface area contributed by atoms with Crippen LogP contribution in [-0.2, 0) is 16.1 Å². The second-order valence-corrected chi connectivity index (χ2v) is 6.80. The maximum absolute atomic E-state index is 13.6. The van der Waals surface area contributed by atoms with Gasteiger partial charge in [0.25, 0.3) is 0 Å². The molecule has 0 radical (unpaired) electrons. The molecule has 0 bridgehead atoms. The van der Waals surface area contributed by atoms with Crippen molar-refractivity contribution in [3.05, 3.63) is 106 Å². The average molecular weight is 426 g/mol. The number of hydrogen-bond donors (Lipinski definition) is 0. The van der Waals surface area contributed by atoms with Crippen molar-refractivity contribution in [3.8, 4) is 5.75 Å². The predicted octanol–water partition coefficient (Wildman–Crippen LogP) is 5.54. The van der Waals surface area contributed by atoms with Crippen molar-refractivity contribution in [1.82, 2.24) is 0 Å². The second kappa shape index (κ2) is 8.47. The Kier molecular flexibility index (Phi) is 5.59. The molecule has 4 nitrogen and oxygen atoms in total. The lowest BCUT2D eigenvalue weighted by Crippen LogP contribution is -2.07. The van der Waals surface area contributed by atoms with Crippen molar-refractivity contribution >= 4 is 29.5 Å². The molecule has 3 aromatic carbocycles. The van der Waals surface area contributed by atoms with Crippen LogP contribution in [0.2, 0.25) is 5.02 Å². The number of aliphatic imine (C=N–C) groups is 1. The van der Waals surface area contributed by atoms with Crippen molar-refractivity contribution < 1.29 is 23.0 Å². The number of halogens is 3. The number of para-hydroxylation sites is 1. The van der Waals surface area contributed by atoms with Crippen molar-refractivity contribution in [2.24, 2.45) is 4.99 Å². The fraction of sp³-hybridized carbons (Fsp3) is 0.0435. The minimum atomic E-state index is -1.12. The van der Waals surface area contributed by atoms with Crippen LogP contribution in [0.3, 0.4) is 0 Å². The smallest absolute Gasteiger partial charge is 0.363 e. The van der Waals surface area contributed by atoms with E-state index >= 15 is 0 Å². The molecule has 0 spiro atoms. The molecule has 0 N–H and O–H groups in total. The van der Waals surface area contributed by atoms with Gasteiger partial charge in [-0.3, -0.25) is 0 Å². The molecular formula is C23H14ClF2NO3. The quantitative estimate of drug-likeness (QED) is 0.306. The van der Waals surface area contributed by atoms with Crippen molar-refractivity contribution in [2.45, 2.75) is 6.61 Å². The van der Waals surface area contributed by atoms with Crippen LogP contribution in [0, 0.1) is 11.6 Å². The Bertz CT molecular complexity index is 1180. The molecule has 1 aliphatic rings. The van der Waals surface area contributed by atoms with Gasteiger partial charge in [0, 0.05) is 5.56 Å². The van der Waals surface area contributed by atoms with Crippen LogP contribution in [-0.4, -0.2) is 11.9 Å². The molecule has 1 heterocycles. The van der Waals surface area contributed by atoms with E-state index in [1.165, 1.54) is 6.08 Å². The highest BCUT2D eigenvalue weighted by atomic mass is 35.5. The first-order valence-corrected chi connectivity index (χ1v) is 9.32. The Hall–Kier alpha value is -3.51. The third-order valence-electron chi connectivity index (χ3n) is 4.31. The van der Waals surface area contributed by atoms with Gasteiger partial charge in [0.2, 0.25) is 5.90 Å². The fourth-order valence-corrected chi connectivity index (χ4v) is 3.06. The summed E-state index contributed by atoms with van der Waals surface area (Å²) in [4.78, 5) is 16.4. The lowest BCUT2D eigenvalue weighted by molar-refractivity contribution is -0.129. The third-order valence-corrected chi connectivity index (χ3v) is 4.62. The average Bonchev–Trinajstić information content (AvgIpc) is 3.11. The van der Waals surface area contributed by atoms with Crippen LogP contribution in [0.15, 0.2) is 77.4 Å². The first kappa shape index (κ1) is 19.8. The molecule has 150 valence electrons. The summed E-state index contributed by atoms with van der Waals surface area (Å²) in [7, 11) is 0. The lowest BCUT2D eigenvalue weighted by atomic mass is 10.1. The monoisotopic (exact) mass is 425 g/mol. The predicted molar refractivity (Wildman–Crippen MR) is 109 cm³/mol. The van der Waals surface area contributed by atoms with E-state index < -0.39 is 17.6 Å². The Morgan fingerprint density at radius 2 is 1.70 bits per heavy atom. The number of cyclic esters (lactones) is 1. The summed E-state index contributed by atoms with van der Waals surface area (Å²) < 4.78 is 37.8. The molecule has 0 unspecified atom stereocenters. The summed E-state index contributed by atoms with van der Waals surface area (Å²) in [6.45, 7) is 0.352. The minimum absolute atomic E-state index is 0.0124. The molecule has 0 amide bonds. The maximum Gasteiger partial charge on any atom is 0.363 e. The van der Waals surface area contributed by atoms with Gasteiger partial charge in [-0.1, -0.05) is 60.1 Å². The molecule has 0 saturated carbocycles. The van der Waals surface area contributed by atoms with Gasteiger partial charge in [0.15, 0.2) is 17.3 Å². The number of ether oxygens (including phenoxy) is 2. The zero-order valence-electron chi connectivity index (χ0n) is 15.4. The van der Waals surface area contributed by atoms with Crippen LogP contribution in [0.4, 0.5) is 8.78 Å². The van der Waals surface area contributed by atoms with Gasteiger partial charge >= 0.3 is 5.97 Å². The number of carbonyl (C=O) groups excluding carboxylic acids is 1. The second-order valence-electron chi connectivity index (χ2n) is 6.39. The SMILES string of the molecule is O=C1OC(c2cc(F)c(F)cc2Cl)=NC1=Cc1ccccc1OCc1ccccc1. The Morgan fingerprint density at radius 3 is 2.50 bits per heavy atom. The van der Waals surface area contributed by atoms with Crippen molar-refractivity contribution in [1.29, 1.82) is 0 Å². The highest BCUT2D eigenvalue weighted by Crippen LogP contribution is 2.28. The van der Waals surface area contributed by atoms with Crippen LogP contribution in [0.25, 0.3) is 6.08 Å². The van der Waals surface area contributed by atoms with Gasteiger partial charge in [-0.2, -0.15) is 0 Å². The summed E-state index contributed by atoms with van der Waals surface area (Å²) in [6.07, 6.45) is 1.50. The van der Waals surface area contributed by atoms with Gasteiger partial charge in [0.05, 0.1) is 10.6 Å². The van der Waals surface area contributed by atoms with E-state index in [9.17, 15) is 13.6 Å². The molecular weight excluding hydrogens is 412 g/mol. The number of benzene rings is 3. The molecule has 30 heavy (non-hydrogen) atoms. The molecule has 3 aromatic rings. The van der Waals surface area contributed by atoms with Gasteiger partial charge in [-0.25, -0.2) is 18.6 Å². The fourth-order valence-electron chi connectivity index (χ4n) is 2.82. The standard InChI is InChI=1S/C23H14ClF2NO3/c24-17-12-19(26)18(25)11-16(17)22-27-20(23(28)30-22)10-15-8-4-5-9-21(15)29-13-14-6-2-1-3-7-14/h1-12H,13H2. The first-order valence-electron chi connectivity index (χ1n) is 8.94. The molecule has 7 heteroatoms. The number of esters is 1. The normalized spacial score (nSPS) is 14.6. The summed E-state index contributed by atoms with van der Waals surface area (Å²) in [5.74, 6) is -2.60. The molecule has 4 rings (SSSR count). The largest absolute Gasteiger partial charge is 0.488 e. The van der Waals surface area contributed by atoms with Gasteiger partial charge in [0.1, 0.15) is 12.4 Å². The summed E-state index contributed by atoms with van der Waals surface area (Å²) in [5.41, 5.74) is 1.58. The number of rotatable bonds is 5. The van der Waals surface area contributed by atoms with E-state index in [2.05, 4.69) is 4.99 Å². The van der Waals surface area contributed by atoms with Gasteiger partial charge in [-0.15, -0.1) is 0 Å². The third kappa shape index (κ3) is 4.23. The van der Waals surface area contributed by atoms with E-state index in [-0.39, 0.29) is 22.2 Å². The first-order chi connectivity index (χ1) is 14.5. The van der Waals surface area contributed by atoms with E-state index in [0.717, 1.165) is 17.7 Å². The topological polar surface area (TPSA) is 47.9 Å². The highest BCUT2D eigenvalue weighted by Gasteiger charge is 2.27. The lowest BCUT2D eigenvalue weighted by Gasteiger charge is -2.09. The minimum Gasteiger partial charge on any atom is -0.488 e. The van der Waals surface area contributed by atoms with Crippen LogP contribution in [0.5, 0.6) is 5.75 Å². The molecule has 0 atom stereocenters. The van der Waals surface area contributed by atoms with E-state index in [1.807, 2.05) is 36.4 Å². The zero-order valence-corrected chi connectivity index (χ0v) is 16.2. The van der Waals surface area contributed by atoms with Crippen LogP contribution >= 0.6 is 11.6 Å². The van der Waals surface area contributed by atoms with E-state index in [1.54, 1.807) is 18.2 Å².